The normalized spacial score (nSPS) is 18.8. The third kappa shape index (κ3) is 5.49. The highest BCUT2D eigenvalue weighted by molar-refractivity contribution is 6.31. The molecule has 2 heterocycles. The molecule has 0 atom stereocenters. The van der Waals surface area contributed by atoms with E-state index in [9.17, 15) is 4.79 Å². The standard InChI is InChI=1S/C18H27ClN4O2/c19-15-4-5-17(23-7-2-1-3-8-23)16(14-15)21-18(24)20-6-9-22-10-12-25-13-11-22/h4-5,14H,1-3,6-13H2,(H2,20,21,24). The van der Waals surface area contributed by atoms with Crippen LogP contribution in [-0.4, -0.2) is 63.4 Å². The first-order valence-corrected chi connectivity index (χ1v) is 9.49. The average Bonchev–Trinajstić information content (AvgIpc) is 2.63. The summed E-state index contributed by atoms with van der Waals surface area (Å²) in [5.74, 6) is 0. The molecule has 25 heavy (non-hydrogen) atoms. The van der Waals surface area contributed by atoms with Gasteiger partial charge in [0.05, 0.1) is 24.6 Å². The Kier molecular flexibility index (Phi) is 6.78. The van der Waals surface area contributed by atoms with Crippen LogP contribution in [0.3, 0.4) is 0 Å². The molecule has 0 saturated carbocycles. The topological polar surface area (TPSA) is 56.8 Å². The molecule has 1 aromatic carbocycles. The zero-order valence-electron chi connectivity index (χ0n) is 14.6. The first-order chi connectivity index (χ1) is 12.2. The van der Waals surface area contributed by atoms with Gasteiger partial charge in [-0.05, 0) is 37.5 Å². The molecule has 3 rings (SSSR count). The summed E-state index contributed by atoms with van der Waals surface area (Å²) in [7, 11) is 0. The zero-order chi connectivity index (χ0) is 17.5. The van der Waals surface area contributed by atoms with Crippen molar-refractivity contribution in [3.63, 3.8) is 0 Å². The van der Waals surface area contributed by atoms with Gasteiger partial charge in [0.15, 0.2) is 0 Å². The summed E-state index contributed by atoms with van der Waals surface area (Å²) in [6.45, 7) is 6.90. The van der Waals surface area contributed by atoms with Crippen LogP contribution in [0.1, 0.15) is 19.3 Å². The minimum Gasteiger partial charge on any atom is -0.379 e. The van der Waals surface area contributed by atoms with E-state index in [0.717, 1.165) is 57.3 Å². The number of morpholine rings is 1. The van der Waals surface area contributed by atoms with E-state index in [4.69, 9.17) is 16.3 Å². The number of carbonyl (C=O) groups is 1. The van der Waals surface area contributed by atoms with Crippen molar-refractivity contribution in [3.05, 3.63) is 23.2 Å². The number of hydrogen-bond acceptors (Lipinski definition) is 4. The molecular formula is C18H27ClN4O2. The van der Waals surface area contributed by atoms with Crippen LogP contribution < -0.4 is 15.5 Å². The molecule has 138 valence electrons. The Hall–Kier alpha value is -1.50. The number of rotatable bonds is 5. The number of piperidine rings is 1. The van der Waals surface area contributed by atoms with Gasteiger partial charge in [-0.2, -0.15) is 0 Å². The predicted molar refractivity (Wildman–Crippen MR) is 102 cm³/mol. The molecule has 2 saturated heterocycles. The van der Waals surface area contributed by atoms with Gasteiger partial charge in [-0.15, -0.1) is 0 Å². The van der Waals surface area contributed by atoms with Crippen molar-refractivity contribution in [2.24, 2.45) is 0 Å². The van der Waals surface area contributed by atoms with Gasteiger partial charge < -0.3 is 20.3 Å². The molecule has 0 aliphatic carbocycles. The van der Waals surface area contributed by atoms with Gasteiger partial charge in [0.1, 0.15) is 0 Å². The molecule has 1 aromatic rings. The van der Waals surface area contributed by atoms with E-state index in [1.807, 2.05) is 18.2 Å². The number of hydrogen-bond donors (Lipinski definition) is 2. The van der Waals surface area contributed by atoms with Gasteiger partial charge in [-0.3, -0.25) is 4.90 Å². The Morgan fingerprint density at radius 2 is 1.88 bits per heavy atom. The number of anilines is 2. The molecule has 2 N–H and O–H groups in total. The fourth-order valence-corrected chi connectivity index (χ4v) is 3.51. The molecule has 0 aromatic heterocycles. The lowest BCUT2D eigenvalue weighted by molar-refractivity contribution is 0.0388. The fraction of sp³-hybridized carbons (Fsp3) is 0.611. The SMILES string of the molecule is O=C(NCCN1CCOCC1)Nc1cc(Cl)ccc1N1CCCCC1. The quantitative estimate of drug-likeness (QED) is 0.841. The van der Waals surface area contributed by atoms with E-state index >= 15 is 0 Å². The Morgan fingerprint density at radius 1 is 1.12 bits per heavy atom. The van der Waals surface area contributed by atoms with Crippen LogP contribution in [0.4, 0.5) is 16.2 Å². The second kappa shape index (κ2) is 9.27. The smallest absolute Gasteiger partial charge is 0.319 e. The molecular weight excluding hydrogens is 340 g/mol. The summed E-state index contributed by atoms with van der Waals surface area (Å²) in [5, 5.41) is 6.53. The van der Waals surface area contributed by atoms with Crippen molar-refractivity contribution < 1.29 is 9.53 Å². The minimum absolute atomic E-state index is 0.186. The molecule has 6 nitrogen and oxygen atoms in total. The van der Waals surface area contributed by atoms with Crippen LogP contribution in [-0.2, 0) is 4.74 Å². The van der Waals surface area contributed by atoms with E-state index < -0.39 is 0 Å². The summed E-state index contributed by atoms with van der Waals surface area (Å²) in [6.07, 6.45) is 3.65. The van der Waals surface area contributed by atoms with Gasteiger partial charge in [-0.1, -0.05) is 11.6 Å². The van der Waals surface area contributed by atoms with Crippen LogP contribution in [0.15, 0.2) is 18.2 Å². The maximum Gasteiger partial charge on any atom is 0.319 e. The van der Waals surface area contributed by atoms with Crippen LogP contribution in [0, 0.1) is 0 Å². The monoisotopic (exact) mass is 366 g/mol. The highest BCUT2D eigenvalue weighted by Gasteiger charge is 2.16. The Bertz CT molecular complexity index is 572. The number of nitrogens with one attached hydrogen (secondary N) is 2. The lowest BCUT2D eigenvalue weighted by Gasteiger charge is -2.30. The second-order valence-corrected chi connectivity index (χ2v) is 6.98. The third-order valence-corrected chi connectivity index (χ3v) is 4.96. The lowest BCUT2D eigenvalue weighted by atomic mass is 10.1. The van der Waals surface area contributed by atoms with Gasteiger partial charge in [-0.25, -0.2) is 4.79 Å². The third-order valence-electron chi connectivity index (χ3n) is 4.72. The Labute approximate surface area is 154 Å². The van der Waals surface area contributed by atoms with E-state index in [-0.39, 0.29) is 6.03 Å². The van der Waals surface area contributed by atoms with Crippen molar-refractivity contribution in [2.75, 3.05) is 62.7 Å². The maximum atomic E-state index is 12.3. The summed E-state index contributed by atoms with van der Waals surface area (Å²) in [6, 6.07) is 5.52. The molecule has 2 fully saturated rings. The number of carbonyl (C=O) groups excluding carboxylic acids is 1. The van der Waals surface area contributed by atoms with Crippen molar-refractivity contribution in [1.82, 2.24) is 10.2 Å². The number of urea groups is 1. The molecule has 2 aliphatic rings. The fourth-order valence-electron chi connectivity index (χ4n) is 3.34. The first-order valence-electron chi connectivity index (χ1n) is 9.12. The molecule has 7 heteroatoms. The van der Waals surface area contributed by atoms with E-state index in [2.05, 4.69) is 20.4 Å². The predicted octanol–water partition coefficient (Wildman–Crippen LogP) is 2.78. The van der Waals surface area contributed by atoms with Gasteiger partial charge >= 0.3 is 6.03 Å². The first kappa shape index (κ1) is 18.3. The summed E-state index contributed by atoms with van der Waals surface area (Å²) in [5.41, 5.74) is 1.82. The van der Waals surface area contributed by atoms with Crippen molar-refractivity contribution >= 4 is 29.0 Å². The molecule has 0 radical (unpaired) electrons. The van der Waals surface area contributed by atoms with Gasteiger partial charge in [0.25, 0.3) is 0 Å². The Balaban J connectivity index is 1.53. The summed E-state index contributed by atoms with van der Waals surface area (Å²) >= 11 is 6.14. The average molecular weight is 367 g/mol. The van der Waals surface area contributed by atoms with Crippen LogP contribution in [0.2, 0.25) is 5.02 Å². The van der Waals surface area contributed by atoms with E-state index in [1.165, 1.54) is 19.3 Å². The van der Waals surface area contributed by atoms with E-state index in [0.29, 0.717) is 11.6 Å². The highest BCUT2D eigenvalue weighted by Crippen LogP contribution is 2.31. The number of nitrogens with zero attached hydrogens (tertiary/aromatic N) is 2. The van der Waals surface area contributed by atoms with Crippen LogP contribution >= 0.6 is 11.6 Å². The molecule has 0 spiro atoms. The summed E-state index contributed by atoms with van der Waals surface area (Å²) in [4.78, 5) is 16.9. The van der Waals surface area contributed by atoms with Gasteiger partial charge in [0, 0.05) is 44.3 Å². The summed E-state index contributed by atoms with van der Waals surface area (Å²) < 4.78 is 5.33. The molecule has 2 amide bonds. The van der Waals surface area contributed by atoms with Crippen LogP contribution in [0.25, 0.3) is 0 Å². The largest absolute Gasteiger partial charge is 0.379 e. The number of benzene rings is 1. The number of amides is 2. The van der Waals surface area contributed by atoms with Crippen molar-refractivity contribution in [3.8, 4) is 0 Å². The molecule has 0 unspecified atom stereocenters. The molecule has 2 aliphatic heterocycles. The molecule has 0 bridgehead atoms. The van der Waals surface area contributed by atoms with Gasteiger partial charge in [0.2, 0.25) is 0 Å². The highest BCUT2D eigenvalue weighted by atomic mass is 35.5. The number of halogens is 1. The zero-order valence-corrected chi connectivity index (χ0v) is 15.4. The van der Waals surface area contributed by atoms with E-state index in [1.54, 1.807) is 0 Å². The maximum absolute atomic E-state index is 12.3. The van der Waals surface area contributed by atoms with Crippen molar-refractivity contribution in [1.29, 1.82) is 0 Å². The lowest BCUT2D eigenvalue weighted by Crippen LogP contribution is -2.42. The number of ether oxygens (including phenoxy) is 1. The van der Waals surface area contributed by atoms with Crippen molar-refractivity contribution in [2.45, 2.75) is 19.3 Å². The second-order valence-electron chi connectivity index (χ2n) is 6.54. The Morgan fingerprint density at radius 3 is 2.64 bits per heavy atom. The van der Waals surface area contributed by atoms with Crippen LogP contribution in [0.5, 0.6) is 0 Å². The minimum atomic E-state index is -0.186.